The number of hydrogen-bond acceptors (Lipinski definition) is 9. The molecular formula is C30H40N10O2. The van der Waals surface area contributed by atoms with E-state index < -0.39 is 0 Å². The summed E-state index contributed by atoms with van der Waals surface area (Å²) in [6, 6.07) is 7.98. The van der Waals surface area contributed by atoms with Gasteiger partial charge in [-0.25, -0.2) is 14.6 Å². The Morgan fingerprint density at radius 3 is 2.64 bits per heavy atom. The first-order valence-electron chi connectivity index (χ1n) is 13.9. The molecule has 3 N–H and O–H groups in total. The number of anilines is 3. The number of aromatic nitrogens is 5. The lowest BCUT2D eigenvalue weighted by Gasteiger charge is -2.14. The highest BCUT2D eigenvalue weighted by atomic mass is 16.2. The second-order valence-electron chi connectivity index (χ2n) is 9.91. The van der Waals surface area contributed by atoms with E-state index in [1.807, 2.05) is 43.3 Å². The molecule has 12 nitrogen and oxygen atoms in total. The molecule has 0 radical (unpaired) electrons. The number of amides is 2. The number of hydrogen-bond donors (Lipinski definition) is 3. The summed E-state index contributed by atoms with van der Waals surface area (Å²) in [4.78, 5) is 40.6. The Bertz CT molecular complexity index is 1360. The van der Waals surface area contributed by atoms with E-state index in [0.717, 1.165) is 24.2 Å². The van der Waals surface area contributed by atoms with Crippen LogP contribution in [0.25, 0.3) is 0 Å². The maximum atomic E-state index is 12.2. The van der Waals surface area contributed by atoms with Crippen molar-refractivity contribution in [2.24, 2.45) is 0 Å². The third-order valence-corrected chi connectivity index (χ3v) is 5.86. The maximum Gasteiger partial charge on any atom is 0.246 e. The van der Waals surface area contributed by atoms with Crippen LogP contribution in [0.3, 0.4) is 0 Å². The monoisotopic (exact) mass is 572 g/mol. The molecule has 3 rings (SSSR count). The molecule has 12 heteroatoms. The van der Waals surface area contributed by atoms with Crippen molar-refractivity contribution in [2.75, 3.05) is 58.0 Å². The van der Waals surface area contributed by atoms with Crippen molar-refractivity contribution >= 4 is 29.3 Å². The van der Waals surface area contributed by atoms with Crippen LogP contribution in [-0.2, 0) is 16.1 Å². The molecule has 42 heavy (non-hydrogen) atoms. The van der Waals surface area contributed by atoms with Crippen LogP contribution in [-0.4, -0.2) is 93.7 Å². The minimum absolute atomic E-state index is 0.00807. The van der Waals surface area contributed by atoms with Gasteiger partial charge in [0, 0.05) is 44.9 Å². The zero-order valence-electron chi connectivity index (χ0n) is 24.8. The first-order chi connectivity index (χ1) is 20.3. The summed E-state index contributed by atoms with van der Waals surface area (Å²) < 4.78 is 1.77. The highest BCUT2D eigenvalue weighted by Crippen LogP contribution is 2.18. The van der Waals surface area contributed by atoms with E-state index in [2.05, 4.69) is 54.8 Å². The van der Waals surface area contributed by atoms with Gasteiger partial charge in [0.15, 0.2) is 0 Å². The molecule has 0 unspecified atom stereocenters. The van der Waals surface area contributed by atoms with E-state index in [9.17, 15) is 9.59 Å². The molecule has 0 saturated heterocycles. The van der Waals surface area contributed by atoms with Crippen LogP contribution in [0, 0.1) is 11.8 Å². The van der Waals surface area contributed by atoms with Crippen LogP contribution in [0.5, 0.6) is 0 Å². The third-order valence-electron chi connectivity index (χ3n) is 5.86. The minimum Gasteiger partial charge on any atom is -0.369 e. The van der Waals surface area contributed by atoms with Gasteiger partial charge in [0.05, 0.1) is 24.8 Å². The lowest BCUT2D eigenvalue weighted by molar-refractivity contribution is -0.131. The number of unbranched alkanes of at least 4 members (excludes halogenated alkanes) is 1. The molecule has 0 fully saturated rings. The van der Waals surface area contributed by atoms with Gasteiger partial charge >= 0.3 is 0 Å². The summed E-state index contributed by atoms with van der Waals surface area (Å²) in [6.45, 7) is 4.64. The highest BCUT2D eigenvalue weighted by molar-refractivity contribution is 5.91. The smallest absolute Gasteiger partial charge is 0.246 e. The molecule has 0 aliphatic heterocycles. The number of rotatable bonds is 15. The van der Waals surface area contributed by atoms with Crippen molar-refractivity contribution < 1.29 is 9.59 Å². The van der Waals surface area contributed by atoms with E-state index in [1.165, 1.54) is 17.3 Å². The Kier molecular flexibility index (Phi) is 13.0. The van der Waals surface area contributed by atoms with E-state index in [0.29, 0.717) is 49.8 Å². The SMILES string of the molecule is CCCNc1nc(Nc2ccc(Cn3cncn3)cc2)ncc1C#CCCCNC(=O)CN(C)C(=O)/C=C/CN(C)C. The van der Waals surface area contributed by atoms with Crippen LogP contribution in [0.15, 0.2) is 55.3 Å². The molecule has 0 atom stereocenters. The van der Waals surface area contributed by atoms with Gasteiger partial charge in [0.2, 0.25) is 17.8 Å². The molecule has 0 bridgehead atoms. The Hall–Kier alpha value is -4.76. The molecule has 3 aromatic rings. The predicted molar refractivity (Wildman–Crippen MR) is 164 cm³/mol. The summed E-state index contributed by atoms with van der Waals surface area (Å²) in [5, 5.41) is 13.6. The van der Waals surface area contributed by atoms with Crippen LogP contribution in [0.1, 0.15) is 37.3 Å². The zero-order chi connectivity index (χ0) is 30.2. The maximum absolute atomic E-state index is 12.2. The van der Waals surface area contributed by atoms with Gasteiger partial charge in [-0.3, -0.25) is 9.59 Å². The van der Waals surface area contributed by atoms with Crippen LogP contribution < -0.4 is 16.0 Å². The summed E-state index contributed by atoms with van der Waals surface area (Å²) in [6.07, 6.45) is 10.4. The molecular weight excluding hydrogens is 532 g/mol. The zero-order valence-corrected chi connectivity index (χ0v) is 24.8. The van der Waals surface area contributed by atoms with Gasteiger partial charge in [-0.05, 0) is 44.6 Å². The molecule has 1 aromatic carbocycles. The van der Waals surface area contributed by atoms with Crippen LogP contribution >= 0.6 is 0 Å². The van der Waals surface area contributed by atoms with E-state index in [1.54, 1.807) is 30.3 Å². The Morgan fingerprint density at radius 2 is 1.93 bits per heavy atom. The topological polar surface area (TPSA) is 133 Å². The number of likely N-dealkylation sites (N-methyl/N-ethyl adjacent to an activating group) is 2. The van der Waals surface area contributed by atoms with E-state index in [4.69, 9.17) is 0 Å². The fourth-order valence-electron chi connectivity index (χ4n) is 3.64. The van der Waals surface area contributed by atoms with Gasteiger partial charge in [-0.15, -0.1) is 0 Å². The molecule has 2 amide bonds. The molecule has 0 aliphatic carbocycles. The number of carbonyl (C=O) groups excluding carboxylic acids is 2. The molecule has 0 aliphatic rings. The second kappa shape index (κ2) is 17.1. The lowest BCUT2D eigenvalue weighted by atomic mass is 10.2. The van der Waals surface area contributed by atoms with Crippen LogP contribution in [0.2, 0.25) is 0 Å². The predicted octanol–water partition coefficient (Wildman–Crippen LogP) is 2.51. The van der Waals surface area contributed by atoms with Crippen molar-refractivity contribution in [1.29, 1.82) is 0 Å². The second-order valence-corrected chi connectivity index (χ2v) is 9.91. The molecule has 222 valence electrons. The van der Waals surface area contributed by atoms with Crippen molar-refractivity contribution in [2.45, 2.75) is 32.7 Å². The molecule has 2 aromatic heterocycles. The van der Waals surface area contributed by atoms with Crippen molar-refractivity contribution in [1.82, 2.24) is 39.8 Å². The number of benzene rings is 1. The number of nitrogens with one attached hydrogen (secondary N) is 3. The van der Waals surface area contributed by atoms with Gasteiger partial charge in [0.25, 0.3) is 0 Å². The van der Waals surface area contributed by atoms with Crippen molar-refractivity contribution in [3.8, 4) is 11.8 Å². The van der Waals surface area contributed by atoms with Gasteiger partial charge in [-0.2, -0.15) is 10.1 Å². The van der Waals surface area contributed by atoms with Gasteiger partial charge in [-0.1, -0.05) is 37.0 Å². The van der Waals surface area contributed by atoms with Crippen molar-refractivity contribution in [3.63, 3.8) is 0 Å². The van der Waals surface area contributed by atoms with Crippen molar-refractivity contribution in [3.05, 3.63) is 66.4 Å². The number of carbonyl (C=O) groups is 2. The first-order valence-corrected chi connectivity index (χ1v) is 13.9. The van der Waals surface area contributed by atoms with Gasteiger partial charge in [0.1, 0.15) is 18.5 Å². The normalized spacial score (nSPS) is 10.8. The summed E-state index contributed by atoms with van der Waals surface area (Å²) in [5.74, 6) is 7.04. The summed E-state index contributed by atoms with van der Waals surface area (Å²) in [7, 11) is 5.45. The van der Waals surface area contributed by atoms with E-state index in [-0.39, 0.29) is 18.4 Å². The summed E-state index contributed by atoms with van der Waals surface area (Å²) >= 11 is 0. The fourth-order valence-corrected chi connectivity index (χ4v) is 3.64. The third kappa shape index (κ3) is 11.4. The molecule has 0 spiro atoms. The average Bonchev–Trinajstić information content (AvgIpc) is 3.48. The minimum atomic E-state index is -0.203. The Morgan fingerprint density at radius 1 is 1.12 bits per heavy atom. The largest absolute Gasteiger partial charge is 0.369 e. The van der Waals surface area contributed by atoms with Gasteiger partial charge < -0.3 is 25.8 Å². The molecule has 0 saturated carbocycles. The van der Waals surface area contributed by atoms with Crippen LogP contribution in [0.4, 0.5) is 17.5 Å². The average molecular weight is 573 g/mol. The standard InChI is InChI=1S/C30H40N10O2/c1-5-16-33-29-25(10-7-6-8-17-32-27(41)21-39(4)28(42)11-9-18-38(2)3)19-34-30(37-29)36-26-14-12-24(13-15-26)20-40-23-31-22-35-40/h9,11-15,19,22-23H,5-6,8,16-18,20-21H2,1-4H3,(H,32,41)(H2,33,34,36,37)/b11-9+. The summed E-state index contributed by atoms with van der Waals surface area (Å²) in [5.41, 5.74) is 2.69. The Labute approximate surface area is 247 Å². The lowest BCUT2D eigenvalue weighted by Crippen LogP contribution is -2.38. The highest BCUT2D eigenvalue weighted by Gasteiger charge is 2.10. The molecule has 2 heterocycles. The first kappa shape index (κ1) is 31.8. The fraction of sp³-hybridized carbons (Fsp3) is 0.400. The number of nitrogens with zero attached hydrogens (tertiary/aromatic N) is 7. The van der Waals surface area contributed by atoms with E-state index >= 15 is 0 Å². The Balaban J connectivity index is 1.47. The quantitative estimate of drug-likeness (QED) is 0.143.